The molecule has 1 fully saturated rings. The number of ether oxygens (including phenoxy) is 1. The van der Waals surface area contributed by atoms with E-state index in [1.54, 1.807) is 7.11 Å². The monoisotopic (exact) mass is 254 g/mol. The van der Waals surface area contributed by atoms with Crippen LogP contribution in [0.5, 0.6) is 0 Å². The molecule has 1 aromatic rings. The third-order valence-electron chi connectivity index (χ3n) is 3.25. The fourth-order valence-corrected chi connectivity index (χ4v) is 1.93. The van der Waals surface area contributed by atoms with Crippen molar-refractivity contribution in [1.29, 1.82) is 0 Å². The second kappa shape index (κ2) is 5.67. The summed E-state index contributed by atoms with van der Waals surface area (Å²) in [6, 6.07) is 0.510. The van der Waals surface area contributed by atoms with Gasteiger partial charge in [0.25, 0.3) is 0 Å². The van der Waals surface area contributed by atoms with E-state index in [-0.39, 0.29) is 5.54 Å². The Morgan fingerprint density at radius 3 is 2.83 bits per heavy atom. The van der Waals surface area contributed by atoms with Crippen molar-refractivity contribution < 1.29 is 9.15 Å². The molecule has 1 saturated carbocycles. The van der Waals surface area contributed by atoms with E-state index in [0.29, 0.717) is 31.0 Å². The van der Waals surface area contributed by atoms with E-state index in [0.717, 1.165) is 6.54 Å². The molecule has 0 aliphatic heterocycles. The summed E-state index contributed by atoms with van der Waals surface area (Å²) >= 11 is 0. The Balaban J connectivity index is 1.78. The van der Waals surface area contributed by atoms with E-state index in [4.69, 9.17) is 9.15 Å². The second-order valence-corrected chi connectivity index (χ2v) is 5.29. The number of hydrogen-bond donors (Lipinski definition) is 2. The van der Waals surface area contributed by atoms with Crippen molar-refractivity contribution in [3.63, 3.8) is 0 Å². The van der Waals surface area contributed by atoms with Gasteiger partial charge in [0, 0.05) is 19.2 Å². The van der Waals surface area contributed by atoms with Gasteiger partial charge in [-0.15, -0.1) is 5.10 Å². The van der Waals surface area contributed by atoms with Gasteiger partial charge in [-0.1, -0.05) is 5.10 Å². The van der Waals surface area contributed by atoms with Gasteiger partial charge in [-0.3, -0.25) is 0 Å². The molecule has 0 radical (unpaired) electrons. The van der Waals surface area contributed by atoms with Crippen LogP contribution in [0.4, 0.5) is 6.01 Å². The van der Waals surface area contributed by atoms with Crippen LogP contribution in [0.15, 0.2) is 4.42 Å². The Labute approximate surface area is 107 Å². The summed E-state index contributed by atoms with van der Waals surface area (Å²) in [4.78, 5) is 0. The second-order valence-electron chi connectivity index (χ2n) is 5.29. The van der Waals surface area contributed by atoms with Gasteiger partial charge >= 0.3 is 6.01 Å². The molecule has 0 saturated heterocycles. The smallest absolute Gasteiger partial charge is 0.315 e. The summed E-state index contributed by atoms with van der Waals surface area (Å²) < 4.78 is 10.5. The lowest BCUT2D eigenvalue weighted by atomic mass is 9.99. The number of methoxy groups -OCH3 is 1. The maximum atomic E-state index is 5.54. The zero-order chi connectivity index (χ0) is 13.0. The van der Waals surface area contributed by atoms with E-state index < -0.39 is 0 Å². The first-order valence-electron chi connectivity index (χ1n) is 6.42. The topological polar surface area (TPSA) is 72.2 Å². The standard InChI is InChI=1S/C12H22N4O2/c1-12(2,9-4-5-9)14-11-16-15-10(18-11)8-13-6-7-17-3/h9,13H,4-8H2,1-3H3,(H,14,16). The summed E-state index contributed by atoms with van der Waals surface area (Å²) in [5, 5.41) is 14.5. The molecule has 102 valence electrons. The van der Waals surface area contributed by atoms with Crippen molar-refractivity contribution in [3.8, 4) is 0 Å². The van der Waals surface area contributed by atoms with Crippen molar-refractivity contribution in [3.05, 3.63) is 5.89 Å². The fourth-order valence-electron chi connectivity index (χ4n) is 1.93. The maximum absolute atomic E-state index is 5.54. The molecule has 6 heteroatoms. The quantitative estimate of drug-likeness (QED) is 0.683. The highest BCUT2D eigenvalue weighted by atomic mass is 16.5. The van der Waals surface area contributed by atoms with E-state index in [9.17, 15) is 0 Å². The molecule has 1 aliphatic rings. The Kier molecular flexibility index (Phi) is 4.19. The van der Waals surface area contributed by atoms with Crippen molar-refractivity contribution >= 4 is 6.01 Å². The molecule has 1 aromatic heterocycles. The van der Waals surface area contributed by atoms with Gasteiger partial charge in [-0.25, -0.2) is 0 Å². The Bertz CT molecular complexity index is 374. The van der Waals surface area contributed by atoms with Crippen LogP contribution in [0.2, 0.25) is 0 Å². The SMILES string of the molecule is COCCNCc1nnc(NC(C)(C)C2CC2)o1. The molecule has 0 unspecified atom stereocenters. The first-order chi connectivity index (χ1) is 8.62. The van der Waals surface area contributed by atoms with Gasteiger partial charge in [0.1, 0.15) is 0 Å². The minimum absolute atomic E-state index is 0.0350. The maximum Gasteiger partial charge on any atom is 0.315 e. The number of anilines is 1. The first-order valence-corrected chi connectivity index (χ1v) is 6.42. The van der Waals surface area contributed by atoms with Crippen LogP contribution in [-0.4, -0.2) is 36.0 Å². The Morgan fingerprint density at radius 1 is 1.39 bits per heavy atom. The lowest BCUT2D eigenvalue weighted by molar-refractivity contribution is 0.198. The van der Waals surface area contributed by atoms with Gasteiger partial charge in [0.2, 0.25) is 5.89 Å². The molecular weight excluding hydrogens is 232 g/mol. The summed E-state index contributed by atoms with van der Waals surface area (Å²) in [5.41, 5.74) is 0.0350. The molecule has 0 spiro atoms. The normalized spacial score (nSPS) is 15.9. The summed E-state index contributed by atoms with van der Waals surface area (Å²) in [7, 11) is 1.68. The van der Waals surface area contributed by atoms with E-state index >= 15 is 0 Å². The highest BCUT2D eigenvalue weighted by Crippen LogP contribution is 2.40. The summed E-state index contributed by atoms with van der Waals surface area (Å²) in [6.45, 7) is 6.36. The number of nitrogens with one attached hydrogen (secondary N) is 2. The Morgan fingerprint density at radius 2 is 2.17 bits per heavy atom. The van der Waals surface area contributed by atoms with Crippen LogP contribution in [0.3, 0.4) is 0 Å². The van der Waals surface area contributed by atoms with Crippen molar-refractivity contribution in [2.75, 3.05) is 25.6 Å². The molecule has 6 nitrogen and oxygen atoms in total. The lowest BCUT2D eigenvalue weighted by Gasteiger charge is -2.24. The summed E-state index contributed by atoms with van der Waals surface area (Å²) in [6.07, 6.45) is 2.55. The number of rotatable bonds is 8. The largest absolute Gasteiger partial charge is 0.407 e. The first kappa shape index (κ1) is 13.3. The van der Waals surface area contributed by atoms with Crippen LogP contribution < -0.4 is 10.6 Å². The van der Waals surface area contributed by atoms with Gasteiger partial charge in [0.05, 0.1) is 13.2 Å². The third-order valence-corrected chi connectivity index (χ3v) is 3.25. The minimum Gasteiger partial charge on any atom is -0.407 e. The molecule has 18 heavy (non-hydrogen) atoms. The molecule has 2 N–H and O–H groups in total. The van der Waals surface area contributed by atoms with E-state index in [1.807, 2.05) is 0 Å². The zero-order valence-electron chi connectivity index (χ0n) is 11.3. The molecule has 0 aromatic carbocycles. The van der Waals surface area contributed by atoms with Gasteiger partial charge in [-0.05, 0) is 32.6 Å². The van der Waals surface area contributed by atoms with Crippen LogP contribution in [-0.2, 0) is 11.3 Å². The van der Waals surface area contributed by atoms with Crippen LogP contribution in [0.1, 0.15) is 32.6 Å². The molecule has 0 atom stereocenters. The summed E-state index contributed by atoms with van der Waals surface area (Å²) in [5.74, 6) is 1.31. The number of aromatic nitrogens is 2. The predicted octanol–water partition coefficient (Wildman–Crippen LogP) is 1.41. The fraction of sp³-hybridized carbons (Fsp3) is 0.833. The molecule has 1 aliphatic carbocycles. The highest BCUT2D eigenvalue weighted by molar-refractivity contribution is 5.25. The van der Waals surface area contributed by atoms with Gasteiger partial charge in [-0.2, -0.15) is 0 Å². The third kappa shape index (κ3) is 3.68. The van der Waals surface area contributed by atoms with Crippen LogP contribution >= 0.6 is 0 Å². The number of nitrogens with zero attached hydrogens (tertiary/aromatic N) is 2. The molecule has 0 bridgehead atoms. The average Bonchev–Trinajstić information content (AvgIpc) is 3.09. The molecule has 2 rings (SSSR count). The van der Waals surface area contributed by atoms with Crippen LogP contribution in [0, 0.1) is 5.92 Å². The molecule has 0 amide bonds. The van der Waals surface area contributed by atoms with Gasteiger partial charge < -0.3 is 19.8 Å². The highest BCUT2D eigenvalue weighted by Gasteiger charge is 2.38. The van der Waals surface area contributed by atoms with E-state index in [2.05, 4.69) is 34.7 Å². The number of hydrogen-bond acceptors (Lipinski definition) is 6. The van der Waals surface area contributed by atoms with Crippen molar-refractivity contribution in [2.45, 2.75) is 38.8 Å². The Hall–Kier alpha value is -1.14. The lowest BCUT2D eigenvalue weighted by Crippen LogP contribution is -2.33. The minimum atomic E-state index is 0.0350. The molecular formula is C12H22N4O2. The van der Waals surface area contributed by atoms with Crippen molar-refractivity contribution in [2.24, 2.45) is 5.92 Å². The molecule has 1 heterocycles. The van der Waals surface area contributed by atoms with E-state index in [1.165, 1.54) is 12.8 Å². The van der Waals surface area contributed by atoms with Crippen LogP contribution in [0.25, 0.3) is 0 Å². The predicted molar refractivity (Wildman–Crippen MR) is 68.3 cm³/mol. The van der Waals surface area contributed by atoms with Gasteiger partial charge in [0.15, 0.2) is 0 Å². The zero-order valence-corrected chi connectivity index (χ0v) is 11.3. The average molecular weight is 254 g/mol. The van der Waals surface area contributed by atoms with Crippen molar-refractivity contribution in [1.82, 2.24) is 15.5 Å².